The summed E-state index contributed by atoms with van der Waals surface area (Å²) in [5.41, 5.74) is 3.54. The molecule has 1 N–H and O–H groups in total. The monoisotopic (exact) mass is 332 g/mol. The van der Waals surface area contributed by atoms with E-state index >= 15 is 0 Å². The van der Waals surface area contributed by atoms with Crippen LogP contribution in [0.5, 0.6) is 0 Å². The van der Waals surface area contributed by atoms with Crippen LogP contribution in [0.25, 0.3) is 0 Å². The van der Waals surface area contributed by atoms with Crippen LogP contribution in [-0.2, 0) is 6.54 Å². The lowest BCUT2D eigenvalue weighted by Gasteiger charge is -2.17. The topological polar surface area (TPSA) is 58.1 Å². The Morgan fingerprint density at radius 2 is 1.84 bits per heavy atom. The summed E-state index contributed by atoms with van der Waals surface area (Å²) in [6.07, 6.45) is 3.11. The van der Waals surface area contributed by atoms with Crippen LogP contribution in [0.15, 0.2) is 67.0 Å². The molecule has 2 aromatic carbocycles. The first kappa shape index (κ1) is 16.6. The number of anilines is 2. The first-order valence-corrected chi connectivity index (χ1v) is 8.08. The molecule has 0 saturated carbocycles. The van der Waals surface area contributed by atoms with E-state index in [2.05, 4.69) is 15.3 Å². The molecule has 3 rings (SSSR count). The van der Waals surface area contributed by atoms with E-state index in [4.69, 9.17) is 0 Å². The molecule has 0 unspecified atom stereocenters. The molecule has 0 atom stereocenters. The maximum atomic E-state index is 12.2. The molecule has 0 aliphatic heterocycles. The minimum Gasteiger partial charge on any atom is -0.347 e. The summed E-state index contributed by atoms with van der Waals surface area (Å²) >= 11 is 0. The van der Waals surface area contributed by atoms with Gasteiger partial charge < -0.3 is 10.2 Å². The van der Waals surface area contributed by atoms with Gasteiger partial charge in [0.2, 0.25) is 0 Å². The molecule has 126 valence electrons. The van der Waals surface area contributed by atoms with Gasteiger partial charge in [0.25, 0.3) is 5.91 Å². The molecular weight excluding hydrogens is 312 g/mol. The number of benzene rings is 2. The second-order valence-corrected chi connectivity index (χ2v) is 5.83. The zero-order valence-corrected chi connectivity index (χ0v) is 14.3. The Morgan fingerprint density at radius 1 is 1.04 bits per heavy atom. The minimum atomic E-state index is -0.233. The predicted molar refractivity (Wildman–Crippen MR) is 98.9 cm³/mol. The van der Waals surface area contributed by atoms with Crippen LogP contribution in [0.2, 0.25) is 0 Å². The maximum absolute atomic E-state index is 12.2. The van der Waals surface area contributed by atoms with Crippen molar-refractivity contribution in [1.29, 1.82) is 0 Å². The van der Waals surface area contributed by atoms with Gasteiger partial charge in [0.05, 0.1) is 12.4 Å². The summed E-state index contributed by atoms with van der Waals surface area (Å²) in [6.45, 7) is 2.49. The van der Waals surface area contributed by atoms with Gasteiger partial charge in [-0.15, -0.1) is 0 Å². The highest BCUT2D eigenvalue weighted by Crippen LogP contribution is 2.19. The van der Waals surface area contributed by atoms with Crippen LogP contribution in [-0.4, -0.2) is 22.9 Å². The number of aromatic nitrogens is 2. The van der Waals surface area contributed by atoms with Crippen molar-refractivity contribution in [1.82, 2.24) is 15.3 Å². The largest absolute Gasteiger partial charge is 0.347 e. The highest BCUT2D eigenvalue weighted by atomic mass is 16.1. The van der Waals surface area contributed by atoms with E-state index in [1.807, 2.05) is 73.5 Å². The third-order valence-electron chi connectivity index (χ3n) is 3.89. The number of hydrogen-bond donors (Lipinski definition) is 1. The minimum absolute atomic E-state index is 0.233. The highest BCUT2D eigenvalue weighted by Gasteiger charge is 2.10. The van der Waals surface area contributed by atoms with Crippen LogP contribution in [0.4, 0.5) is 11.5 Å². The Morgan fingerprint density at radius 3 is 2.52 bits per heavy atom. The number of aryl methyl sites for hydroxylation is 1. The van der Waals surface area contributed by atoms with Crippen LogP contribution in [0.3, 0.4) is 0 Å². The molecule has 1 heterocycles. The first-order valence-electron chi connectivity index (χ1n) is 8.08. The summed E-state index contributed by atoms with van der Waals surface area (Å²) in [5, 5.41) is 2.87. The Bertz CT molecular complexity index is 847. The maximum Gasteiger partial charge on any atom is 0.271 e. The van der Waals surface area contributed by atoms with Crippen LogP contribution in [0, 0.1) is 6.92 Å². The van der Waals surface area contributed by atoms with E-state index in [0.717, 1.165) is 11.3 Å². The van der Waals surface area contributed by atoms with Crippen molar-refractivity contribution in [3.05, 3.63) is 83.8 Å². The van der Waals surface area contributed by atoms with Crippen molar-refractivity contribution < 1.29 is 4.79 Å². The Hall–Kier alpha value is -3.21. The van der Waals surface area contributed by atoms with Crippen molar-refractivity contribution in [3.63, 3.8) is 0 Å². The molecule has 0 radical (unpaired) electrons. The van der Waals surface area contributed by atoms with E-state index in [9.17, 15) is 4.79 Å². The number of para-hydroxylation sites is 1. The molecule has 0 aliphatic carbocycles. The van der Waals surface area contributed by atoms with Gasteiger partial charge in [-0.25, -0.2) is 9.97 Å². The molecule has 1 amide bonds. The van der Waals surface area contributed by atoms with Crippen LogP contribution in [0.1, 0.15) is 21.6 Å². The summed E-state index contributed by atoms with van der Waals surface area (Å²) in [6, 6.07) is 17.9. The fourth-order valence-electron chi connectivity index (χ4n) is 2.49. The van der Waals surface area contributed by atoms with Crippen LogP contribution >= 0.6 is 0 Å². The van der Waals surface area contributed by atoms with E-state index in [1.165, 1.54) is 11.8 Å². The lowest BCUT2D eigenvalue weighted by Crippen LogP contribution is -2.24. The number of nitrogens with one attached hydrogen (secondary N) is 1. The van der Waals surface area contributed by atoms with E-state index in [1.54, 1.807) is 6.20 Å². The molecule has 0 fully saturated rings. The lowest BCUT2D eigenvalue weighted by molar-refractivity contribution is 0.0945. The molecule has 0 aliphatic rings. The molecular formula is C20H20N4O. The van der Waals surface area contributed by atoms with Gasteiger partial charge >= 0.3 is 0 Å². The van der Waals surface area contributed by atoms with Gasteiger partial charge in [-0.2, -0.15) is 0 Å². The summed E-state index contributed by atoms with van der Waals surface area (Å²) < 4.78 is 0. The molecule has 5 heteroatoms. The van der Waals surface area contributed by atoms with Gasteiger partial charge in [-0.05, 0) is 24.6 Å². The fourth-order valence-corrected chi connectivity index (χ4v) is 2.49. The summed E-state index contributed by atoms with van der Waals surface area (Å²) in [5.74, 6) is 0.448. The van der Waals surface area contributed by atoms with Gasteiger partial charge in [-0.3, -0.25) is 4.79 Å². The number of carbonyl (C=O) groups excluding carboxylic acids is 1. The first-order chi connectivity index (χ1) is 12.1. The zero-order chi connectivity index (χ0) is 17.6. The Kier molecular flexibility index (Phi) is 5.04. The second-order valence-electron chi connectivity index (χ2n) is 5.83. The van der Waals surface area contributed by atoms with Crippen molar-refractivity contribution >= 4 is 17.4 Å². The molecule has 0 spiro atoms. The summed E-state index contributed by atoms with van der Waals surface area (Å²) in [7, 11) is 1.91. The Labute approximate surface area is 147 Å². The molecule has 0 bridgehead atoms. The highest BCUT2D eigenvalue weighted by molar-refractivity contribution is 5.92. The third-order valence-corrected chi connectivity index (χ3v) is 3.89. The van der Waals surface area contributed by atoms with Gasteiger partial charge in [0.15, 0.2) is 5.82 Å². The van der Waals surface area contributed by atoms with Crippen molar-refractivity contribution in [3.8, 4) is 0 Å². The standard InChI is InChI=1S/C20H20N4O/c1-15-7-6-8-16(11-15)12-23-20(25)18-13-22-19(14-21-18)24(2)17-9-4-3-5-10-17/h3-11,13-14H,12H2,1-2H3,(H,23,25). The summed E-state index contributed by atoms with van der Waals surface area (Å²) in [4.78, 5) is 22.7. The second kappa shape index (κ2) is 7.57. The SMILES string of the molecule is Cc1cccc(CNC(=O)c2cnc(N(C)c3ccccc3)cn2)c1. The molecule has 0 saturated heterocycles. The number of nitrogens with zero attached hydrogens (tertiary/aromatic N) is 3. The van der Waals surface area contributed by atoms with Crippen molar-refractivity contribution in [2.24, 2.45) is 0 Å². The molecule has 1 aromatic heterocycles. The zero-order valence-electron chi connectivity index (χ0n) is 14.3. The fraction of sp³-hybridized carbons (Fsp3) is 0.150. The van der Waals surface area contributed by atoms with Gasteiger partial charge in [0, 0.05) is 19.3 Å². The molecule has 5 nitrogen and oxygen atoms in total. The van der Waals surface area contributed by atoms with Crippen molar-refractivity contribution in [2.45, 2.75) is 13.5 Å². The predicted octanol–water partition coefficient (Wildman–Crippen LogP) is 3.48. The van der Waals surface area contributed by atoms with E-state index < -0.39 is 0 Å². The average Bonchev–Trinajstić information content (AvgIpc) is 2.66. The average molecular weight is 332 g/mol. The number of carbonyl (C=O) groups is 1. The van der Waals surface area contributed by atoms with E-state index in [-0.39, 0.29) is 5.91 Å². The number of hydrogen-bond acceptors (Lipinski definition) is 4. The molecule has 25 heavy (non-hydrogen) atoms. The number of amides is 1. The van der Waals surface area contributed by atoms with Crippen LogP contribution < -0.4 is 10.2 Å². The number of rotatable bonds is 5. The smallest absolute Gasteiger partial charge is 0.271 e. The molecule has 3 aromatic rings. The van der Waals surface area contributed by atoms with Gasteiger partial charge in [-0.1, -0.05) is 48.0 Å². The van der Waals surface area contributed by atoms with Crippen molar-refractivity contribution in [2.75, 3.05) is 11.9 Å². The van der Waals surface area contributed by atoms with Gasteiger partial charge in [0.1, 0.15) is 5.69 Å². The lowest BCUT2D eigenvalue weighted by atomic mass is 10.1. The normalized spacial score (nSPS) is 10.3. The Balaban J connectivity index is 1.64. The third kappa shape index (κ3) is 4.20. The quantitative estimate of drug-likeness (QED) is 0.777. The van der Waals surface area contributed by atoms with E-state index in [0.29, 0.717) is 18.1 Å².